The molecule has 3 aliphatic rings. The van der Waals surface area contributed by atoms with Crippen molar-refractivity contribution in [1.29, 1.82) is 0 Å². The van der Waals surface area contributed by atoms with Gasteiger partial charge in [0, 0.05) is 28.6 Å². The van der Waals surface area contributed by atoms with Crippen molar-refractivity contribution < 1.29 is 0 Å². The lowest BCUT2D eigenvalue weighted by molar-refractivity contribution is 0.355. The van der Waals surface area contributed by atoms with Gasteiger partial charge in [0.1, 0.15) is 0 Å². The molecule has 2 atom stereocenters. The monoisotopic (exact) mass is 477 g/mol. The lowest BCUT2D eigenvalue weighted by atomic mass is 9.53. The molecular weight excluding hydrogens is 450 g/mol. The standard InChI is InChI=1S/C31H27NS2/c1-31-26-18-10-8-16-24(26)28(25-17-9-11-19-27(25)31)29(34-33-21-23-14-6-3-7-15-23)30(31)32-20-22-12-4-2-5-13-22/h2-20,28-30H,21H2,1H3/t28?,29-,30-,31?/m0/s1. The van der Waals surface area contributed by atoms with Gasteiger partial charge in [-0.25, -0.2) is 0 Å². The van der Waals surface area contributed by atoms with Crippen molar-refractivity contribution in [2.24, 2.45) is 4.99 Å². The normalized spacial score (nSPS) is 24.7. The van der Waals surface area contributed by atoms with Crippen LogP contribution < -0.4 is 0 Å². The maximum atomic E-state index is 5.35. The molecule has 0 spiro atoms. The predicted molar refractivity (Wildman–Crippen MR) is 148 cm³/mol. The fourth-order valence-corrected chi connectivity index (χ4v) is 8.92. The van der Waals surface area contributed by atoms with E-state index in [1.165, 1.54) is 27.8 Å². The Morgan fingerprint density at radius 3 is 1.94 bits per heavy atom. The minimum atomic E-state index is -0.155. The van der Waals surface area contributed by atoms with Gasteiger partial charge in [-0.05, 0) is 40.3 Å². The summed E-state index contributed by atoms with van der Waals surface area (Å²) in [6.07, 6.45) is 2.09. The Kier molecular flexibility index (Phi) is 5.84. The molecule has 34 heavy (non-hydrogen) atoms. The summed E-state index contributed by atoms with van der Waals surface area (Å²) in [4.78, 5) is 5.35. The molecule has 1 nitrogen and oxygen atoms in total. The SMILES string of the molecule is CC12c3ccccc3C(c3ccccc31)[C@H](SSCc1ccccc1)[C@@H]2N=Cc1ccccc1. The van der Waals surface area contributed by atoms with Crippen LogP contribution in [0.5, 0.6) is 0 Å². The Balaban J connectivity index is 1.43. The molecule has 3 heteroatoms. The van der Waals surface area contributed by atoms with Crippen molar-refractivity contribution in [3.63, 3.8) is 0 Å². The van der Waals surface area contributed by atoms with E-state index in [2.05, 4.69) is 122 Å². The average molecular weight is 478 g/mol. The van der Waals surface area contributed by atoms with Crippen LogP contribution in [0, 0.1) is 0 Å². The van der Waals surface area contributed by atoms with Gasteiger partial charge in [0.2, 0.25) is 0 Å². The highest BCUT2D eigenvalue weighted by Crippen LogP contribution is 2.61. The van der Waals surface area contributed by atoms with Crippen molar-refractivity contribution in [3.8, 4) is 0 Å². The summed E-state index contributed by atoms with van der Waals surface area (Å²) < 4.78 is 0. The highest BCUT2D eigenvalue weighted by Gasteiger charge is 2.56. The first-order chi connectivity index (χ1) is 16.8. The molecule has 4 aromatic rings. The zero-order valence-corrected chi connectivity index (χ0v) is 20.8. The lowest BCUT2D eigenvalue weighted by Crippen LogP contribution is -2.54. The molecule has 3 aliphatic carbocycles. The van der Waals surface area contributed by atoms with Gasteiger partial charge in [-0.15, -0.1) is 0 Å². The quantitative estimate of drug-likeness (QED) is 0.207. The fourth-order valence-electron chi connectivity index (χ4n) is 5.78. The zero-order valence-electron chi connectivity index (χ0n) is 19.2. The van der Waals surface area contributed by atoms with E-state index < -0.39 is 0 Å². The van der Waals surface area contributed by atoms with E-state index in [0.29, 0.717) is 11.2 Å². The summed E-state index contributed by atoms with van der Waals surface area (Å²) in [7, 11) is 4.00. The first-order valence-electron chi connectivity index (χ1n) is 11.9. The molecular formula is C31H27NS2. The largest absolute Gasteiger partial charge is 0.287 e. The predicted octanol–water partition coefficient (Wildman–Crippen LogP) is 7.89. The summed E-state index contributed by atoms with van der Waals surface area (Å²) >= 11 is 0. The van der Waals surface area contributed by atoms with E-state index >= 15 is 0 Å². The van der Waals surface area contributed by atoms with Crippen LogP contribution in [-0.2, 0) is 11.2 Å². The maximum Gasteiger partial charge on any atom is 0.0770 e. The molecule has 0 aliphatic heterocycles. The van der Waals surface area contributed by atoms with Crippen LogP contribution in [0.1, 0.15) is 46.2 Å². The number of hydrogen-bond donors (Lipinski definition) is 0. The second-order valence-corrected chi connectivity index (χ2v) is 11.8. The number of fused-ring (bicyclic) bond motifs is 1. The van der Waals surface area contributed by atoms with Crippen molar-refractivity contribution >= 4 is 27.8 Å². The van der Waals surface area contributed by atoms with Crippen LogP contribution in [0.25, 0.3) is 0 Å². The highest BCUT2D eigenvalue weighted by molar-refractivity contribution is 8.76. The van der Waals surface area contributed by atoms with Gasteiger partial charge in [-0.3, -0.25) is 4.99 Å². The number of hydrogen-bond acceptors (Lipinski definition) is 3. The third-order valence-electron chi connectivity index (χ3n) is 7.37. The van der Waals surface area contributed by atoms with Gasteiger partial charge in [0.15, 0.2) is 0 Å². The summed E-state index contributed by atoms with van der Waals surface area (Å²) in [5.41, 5.74) is 8.23. The minimum Gasteiger partial charge on any atom is -0.287 e. The van der Waals surface area contributed by atoms with Crippen LogP contribution in [0.15, 0.2) is 114 Å². The van der Waals surface area contributed by atoms with Crippen LogP contribution in [0.3, 0.4) is 0 Å². The Bertz CT molecular complexity index is 1270. The van der Waals surface area contributed by atoms with Crippen LogP contribution >= 0.6 is 21.6 Å². The second-order valence-electron chi connectivity index (χ2n) is 9.30. The Hall–Kier alpha value is -2.75. The number of nitrogens with zero attached hydrogens (tertiary/aromatic N) is 1. The Morgan fingerprint density at radius 2 is 1.29 bits per heavy atom. The molecule has 0 saturated heterocycles. The van der Waals surface area contributed by atoms with Crippen molar-refractivity contribution in [1.82, 2.24) is 0 Å². The van der Waals surface area contributed by atoms with E-state index in [4.69, 9.17) is 4.99 Å². The zero-order chi connectivity index (χ0) is 23.0. The molecule has 0 saturated carbocycles. The number of aliphatic imine (C=N–C) groups is 1. The van der Waals surface area contributed by atoms with E-state index in [1.807, 2.05) is 21.6 Å². The maximum absolute atomic E-state index is 5.35. The first-order valence-corrected chi connectivity index (χ1v) is 14.2. The van der Waals surface area contributed by atoms with Gasteiger partial charge >= 0.3 is 0 Å². The summed E-state index contributed by atoms with van der Waals surface area (Å²) in [6.45, 7) is 2.42. The summed E-state index contributed by atoms with van der Waals surface area (Å²) in [6, 6.07) is 39.6. The fraction of sp³-hybridized carbons (Fsp3) is 0.194. The third kappa shape index (κ3) is 3.62. The lowest BCUT2D eigenvalue weighted by Gasteiger charge is -2.55. The van der Waals surface area contributed by atoms with Crippen LogP contribution in [0.2, 0.25) is 0 Å². The van der Waals surface area contributed by atoms with Crippen molar-refractivity contribution in [2.75, 3.05) is 0 Å². The molecule has 0 amide bonds. The van der Waals surface area contributed by atoms with Crippen LogP contribution in [0.4, 0.5) is 0 Å². The van der Waals surface area contributed by atoms with Gasteiger partial charge in [0.25, 0.3) is 0 Å². The van der Waals surface area contributed by atoms with E-state index in [0.717, 1.165) is 11.3 Å². The second kappa shape index (κ2) is 9.13. The van der Waals surface area contributed by atoms with Gasteiger partial charge < -0.3 is 0 Å². The Morgan fingerprint density at radius 1 is 0.735 bits per heavy atom. The molecule has 4 aromatic carbocycles. The summed E-state index contributed by atoms with van der Waals surface area (Å²) in [5.74, 6) is 1.35. The number of rotatable bonds is 6. The van der Waals surface area contributed by atoms with E-state index in [9.17, 15) is 0 Å². The third-order valence-corrected chi connectivity index (χ3v) is 10.1. The molecule has 7 rings (SSSR count). The molecule has 0 fully saturated rings. The smallest absolute Gasteiger partial charge is 0.0770 e. The number of benzene rings is 4. The first kappa shape index (κ1) is 21.8. The molecule has 0 unspecified atom stereocenters. The Labute approximate surface area is 210 Å². The molecule has 0 aromatic heterocycles. The van der Waals surface area contributed by atoms with Gasteiger partial charge in [-0.1, -0.05) is 131 Å². The molecule has 0 N–H and O–H groups in total. The van der Waals surface area contributed by atoms with Gasteiger partial charge in [-0.2, -0.15) is 0 Å². The molecule has 168 valence electrons. The molecule has 0 heterocycles. The van der Waals surface area contributed by atoms with Gasteiger partial charge in [0.05, 0.1) is 6.04 Å². The average Bonchev–Trinajstić information content (AvgIpc) is 2.90. The topological polar surface area (TPSA) is 12.4 Å². The van der Waals surface area contributed by atoms with E-state index in [1.54, 1.807) is 0 Å². The summed E-state index contributed by atoms with van der Waals surface area (Å²) in [5, 5.41) is 0.364. The van der Waals surface area contributed by atoms with E-state index in [-0.39, 0.29) is 11.5 Å². The minimum absolute atomic E-state index is 0.155. The van der Waals surface area contributed by atoms with Crippen molar-refractivity contribution in [2.45, 2.75) is 35.3 Å². The van der Waals surface area contributed by atoms with Crippen molar-refractivity contribution in [3.05, 3.63) is 143 Å². The highest BCUT2D eigenvalue weighted by atomic mass is 33.1. The van der Waals surface area contributed by atoms with Crippen LogP contribution in [-0.4, -0.2) is 17.5 Å². The molecule has 2 bridgehead atoms. The molecule has 0 radical (unpaired) electrons.